The summed E-state index contributed by atoms with van der Waals surface area (Å²) in [5.74, 6) is 0.146. The minimum Gasteiger partial charge on any atom is -0.376 e. The fraction of sp³-hybridized carbons (Fsp3) is 0.625. The van der Waals surface area contributed by atoms with Gasteiger partial charge in [-0.3, -0.25) is 4.79 Å². The molecule has 0 aromatic rings. The third-order valence-corrected chi connectivity index (χ3v) is 1.24. The first kappa shape index (κ1) is 10.2. The van der Waals surface area contributed by atoms with Crippen LogP contribution in [0.3, 0.4) is 0 Å². The molecule has 11 heavy (non-hydrogen) atoms. The van der Waals surface area contributed by atoms with Crippen LogP contribution in [0.1, 0.15) is 13.8 Å². The van der Waals surface area contributed by atoms with Gasteiger partial charge in [-0.2, -0.15) is 0 Å². The largest absolute Gasteiger partial charge is 0.376 e. The van der Waals surface area contributed by atoms with Crippen LogP contribution in [0.25, 0.3) is 0 Å². The van der Waals surface area contributed by atoms with Gasteiger partial charge in [0.2, 0.25) is 5.91 Å². The van der Waals surface area contributed by atoms with E-state index in [9.17, 15) is 4.79 Å². The molecule has 1 N–H and O–H groups in total. The van der Waals surface area contributed by atoms with Gasteiger partial charge in [0.25, 0.3) is 0 Å². The molecule has 1 amide bonds. The number of aliphatic hydroxyl groups is 1. The van der Waals surface area contributed by atoms with Crippen LogP contribution in [0.5, 0.6) is 0 Å². The molecule has 0 rings (SSSR count). The van der Waals surface area contributed by atoms with Crippen molar-refractivity contribution in [2.45, 2.75) is 13.8 Å². The molecule has 0 spiro atoms. The summed E-state index contributed by atoms with van der Waals surface area (Å²) in [6.07, 6.45) is 1.21. The second-order valence-electron chi connectivity index (χ2n) is 2.80. The topological polar surface area (TPSA) is 40.5 Å². The standard InChI is InChI=1S/C8H15NO2/c1-4-8(11)9(6-10)5-7(2)3/h4,7,10H,1,5-6H2,2-3H3. The van der Waals surface area contributed by atoms with Gasteiger partial charge in [-0.1, -0.05) is 20.4 Å². The highest BCUT2D eigenvalue weighted by atomic mass is 16.3. The summed E-state index contributed by atoms with van der Waals surface area (Å²) in [4.78, 5) is 12.3. The van der Waals surface area contributed by atoms with Crippen molar-refractivity contribution >= 4 is 5.91 Å². The van der Waals surface area contributed by atoms with Crippen molar-refractivity contribution in [1.82, 2.24) is 4.90 Å². The Balaban J connectivity index is 3.94. The van der Waals surface area contributed by atoms with Gasteiger partial charge in [0.15, 0.2) is 0 Å². The van der Waals surface area contributed by atoms with Crippen molar-refractivity contribution in [2.24, 2.45) is 5.92 Å². The number of hydrogen-bond donors (Lipinski definition) is 1. The summed E-state index contributed by atoms with van der Waals surface area (Å²) in [5, 5.41) is 8.73. The molecule has 0 heterocycles. The lowest BCUT2D eigenvalue weighted by molar-refractivity contribution is -0.130. The molecule has 0 fully saturated rings. The first-order valence-electron chi connectivity index (χ1n) is 3.64. The molecule has 0 aliphatic carbocycles. The van der Waals surface area contributed by atoms with Crippen molar-refractivity contribution in [3.63, 3.8) is 0 Å². The Morgan fingerprint density at radius 1 is 1.73 bits per heavy atom. The normalized spacial score (nSPS) is 9.82. The van der Waals surface area contributed by atoms with E-state index >= 15 is 0 Å². The van der Waals surface area contributed by atoms with Crippen LogP contribution < -0.4 is 0 Å². The first-order valence-corrected chi connectivity index (χ1v) is 3.64. The lowest BCUT2D eigenvalue weighted by Crippen LogP contribution is -2.33. The highest BCUT2D eigenvalue weighted by Gasteiger charge is 2.09. The molecule has 0 aromatic heterocycles. The number of rotatable bonds is 4. The minimum absolute atomic E-state index is 0.221. The zero-order chi connectivity index (χ0) is 8.85. The van der Waals surface area contributed by atoms with Crippen molar-refractivity contribution in [3.05, 3.63) is 12.7 Å². The van der Waals surface area contributed by atoms with Crippen LogP contribution in [0, 0.1) is 5.92 Å². The maximum Gasteiger partial charge on any atom is 0.247 e. The Morgan fingerprint density at radius 3 is 2.55 bits per heavy atom. The third-order valence-electron chi connectivity index (χ3n) is 1.24. The summed E-state index contributed by atoms with van der Waals surface area (Å²) in [7, 11) is 0. The molecule has 0 radical (unpaired) electrons. The van der Waals surface area contributed by atoms with Gasteiger partial charge in [0, 0.05) is 6.54 Å². The molecule has 0 aliphatic heterocycles. The summed E-state index contributed by atoms with van der Waals surface area (Å²) >= 11 is 0. The molecule has 64 valence electrons. The predicted octanol–water partition coefficient (Wildman–Crippen LogP) is 0.607. The predicted molar refractivity (Wildman–Crippen MR) is 43.8 cm³/mol. The molecule has 0 saturated carbocycles. The summed E-state index contributed by atoms with van der Waals surface area (Å²) < 4.78 is 0. The minimum atomic E-state index is -0.233. The molecule has 3 nitrogen and oxygen atoms in total. The SMILES string of the molecule is C=CC(=O)N(CO)CC(C)C. The summed E-state index contributed by atoms with van der Waals surface area (Å²) in [5.41, 5.74) is 0. The van der Waals surface area contributed by atoms with Crippen LogP contribution in [0.2, 0.25) is 0 Å². The Labute approximate surface area is 67.3 Å². The highest BCUT2D eigenvalue weighted by molar-refractivity contribution is 5.86. The van der Waals surface area contributed by atoms with Gasteiger partial charge in [-0.05, 0) is 12.0 Å². The molecular formula is C8H15NO2. The lowest BCUT2D eigenvalue weighted by Gasteiger charge is -2.19. The van der Waals surface area contributed by atoms with E-state index in [0.717, 1.165) is 0 Å². The number of carbonyl (C=O) groups excluding carboxylic acids is 1. The second kappa shape index (κ2) is 4.91. The molecule has 0 atom stereocenters. The average molecular weight is 157 g/mol. The zero-order valence-corrected chi connectivity index (χ0v) is 7.08. The van der Waals surface area contributed by atoms with Gasteiger partial charge in [0.1, 0.15) is 6.73 Å². The van der Waals surface area contributed by atoms with Gasteiger partial charge in [-0.25, -0.2) is 0 Å². The smallest absolute Gasteiger partial charge is 0.247 e. The van der Waals surface area contributed by atoms with Crippen LogP contribution in [0.15, 0.2) is 12.7 Å². The fourth-order valence-corrected chi connectivity index (χ4v) is 0.787. The average Bonchev–Trinajstić information content (AvgIpc) is 1.98. The molecule has 3 heteroatoms. The number of hydrogen-bond acceptors (Lipinski definition) is 2. The third kappa shape index (κ3) is 3.78. The van der Waals surface area contributed by atoms with Crippen LogP contribution in [-0.2, 0) is 4.79 Å². The van der Waals surface area contributed by atoms with E-state index in [-0.39, 0.29) is 12.6 Å². The lowest BCUT2D eigenvalue weighted by atomic mass is 10.2. The summed E-state index contributed by atoms with van der Waals surface area (Å²) in [6.45, 7) is 7.64. The van der Waals surface area contributed by atoms with E-state index in [4.69, 9.17) is 5.11 Å². The van der Waals surface area contributed by atoms with E-state index in [1.54, 1.807) is 0 Å². The fourth-order valence-electron chi connectivity index (χ4n) is 0.787. The van der Waals surface area contributed by atoms with Gasteiger partial charge >= 0.3 is 0 Å². The molecule has 0 bridgehead atoms. The molecular weight excluding hydrogens is 142 g/mol. The van der Waals surface area contributed by atoms with Crippen LogP contribution in [-0.4, -0.2) is 29.2 Å². The van der Waals surface area contributed by atoms with Gasteiger partial charge in [-0.15, -0.1) is 0 Å². The molecule has 0 saturated heterocycles. The van der Waals surface area contributed by atoms with Crippen LogP contribution in [0.4, 0.5) is 0 Å². The van der Waals surface area contributed by atoms with E-state index in [1.807, 2.05) is 13.8 Å². The molecule has 0 unspecified atom stereocenters. The van der Waals surface area contributed by atoms with Crippen LogP contribution >= 0.6 is 0 Å². The Hall–Kier alpha value is -0.830. The van der Waals surface area contributed by atoms with E-state index < -0.39 is 0 Å². The van der Waals surface area contributed by atoms with Crippen molar-refractivity contribution in [2.75, 3.05) is 13.3 Å². The Kier molecular flexibility index (Phi) is 4.54. The second-order valence-corrected chi connectivity index (χ2v) is 2.80. The van der Waals surface area contributed by atoms with Crippen molar-refractivity contribution in [3.8, 4) is 0 Å². The van der Waals surface area contributed by atoms with Gasteiger partial charge < -0.3 is 10.0 Å². The first-order chi connectivity index (χ1) is 5.11. The van der Waals surface area contributed by atoms with Crippen molar-refractivity contribution < 1.29 is 9.90 Å². The van der Waals surface area contributed by atoms with E-state index in [1.165, 1.54) is 11.0 Å². The Morgan fingerprint density at radius 2 is 2.27 bits per heavy atom. The van der Waals surface area contributed by atoms with Gasteiger partial charge in [0.05, 0.1) is 0 Å². The number of amides is 1. The highest BCUT2D eigenvalue weighted by Crippen LogP contribution is 1.97. The molecule has 0 aromatic carbocycles. The van der Waals surface area contributed by atoms with E-state index in [2.05, 4.69) is 6.58 Å². The summed E-state index contributed by atoms with van der Waals surface area (Å²) in [6, 6.07) is 0. The monoisotopic (exact) mass is 157 g/mol. The molecule has 0 aliphatic rings. The zero-order valence-electron chi connectivity index (χ0n) is 7.08. The number of aliphatic hydroxyl groups excluding tert-OH is 1. The maximum absolute atomic E-state index is 10.9. The van der Waals surface area contributed by atoms with Crippen molar-refractivity contribution in [1.29, 1.82) is 0 Å². The number of carbonyl (C=O) groups is 1. The maximum atomic E-state index is 10.9. The quantitative estimate of drug-likeness (QED) is 0.479. The Bertz CT molecular complexity index is 143. The van der Waals surface area contributed by atoms with E-state index in [0.29, 0.717) is 12.5 Å². The number of nitrogens with zero attached hydrogens (tertiary/aromatic N) is 1.